The van der Waals surface area contributed by atoms with Crippen molar-refractivity contribution in [3.8, 4) is 0 Å². The van der Waals surface area contributed by atoms with Gasteiger partial charge in [-0.05, 0) is 37.0 Å². The van der Waals surface area contributed by atoms with Crippen LogP contribution in [0.4, 0.5) is 0 Å². The number of hydrogen-bond acceptors (Lipinski definition) is 2. The molecule has 1 unspecified atom stereocenters. The van der Waals surface area contributed by atoms with Gasteiger partial charge >= 0.3 is 0 Å². The average Bonchev–Trinajstić information content (AvgIpc) is 3.24. The SMILES string of the molecule is O=C(NC(CO)Cc1ccccc1)c1cccn1C1CC1. The quantitative estimate of drug-likeness (QED) is 0.854. The van der Waals surface area contributed by atoms with Crippen LogP contribution in [0.15, 0.2) is 48.7 Å². The molecule has 4 heteroatoms. The minimum atomic E-state index is -0.262. The number of carbonyl (C=O) groups is 1. The number of carbonyl (C=O) groups excluding carboxylic acids is 1. The highest BCUT2D eigenvalue weighted by Gasteiger charge is 2.27. The monoisotopic (exact) mass is 284 g/mol. The van der Waals surface area contributed by atoms with Crippen molar-refractivity contribution in [2.45, 2.75) is 31.3 Å². The van der Waals surface area contributed by atoms with E-state index in [0.717, 1.165) is 18.4 Å². The number of nitrogens with zero attached hydrogens (tertiary/aromatic N) is 1. The number of amides is 1. The first kappa shape index (κ1) is 13.9. The van der Waals surface area contributed by atoms with Crippen LogP contribution in [0, 0.1) is 0 Å². The topological polar surface area (TPSA) is 54.3 Å². The summed E-state index contributed by atoms with van der Waals surface area (Å²) in [5, 5.41) is 12.4. The predicted octanol–water partition coefficient (Wildman–Crippen LogP) is 2.16. The van der Waals surface area contributed by atoms with Gasteiger partial charge in [0.05, 0.1) is 12.6 Å². The zero-order valence-corrected chi connectivity index (χ0v) is 11.9. The molecule has 1 atom stereocenters. The van der Waals surface area contributed by atoms with Crippen molar-refractivity contribution >= 4 is 5.91 Å². The highest BCUT2D eigenvalue weighted by molar-refractivity contribution is 5.93. The summed E-state index contributed by atoms with van der Waals surface area (Å²) in [6, 6.07) is 13.8. The van der Waals surface area contributed by atoms with E-state index in [0.29, 0.717) is 18.2 Å². The Morgan fingerprint density at radius 3 is 2.67 bits per heavy atom. The van der Waals surface area contributed by atoms with Gasteiger partial charge < -0.3 is 15.0 Å². The standard InChI is InChI=1S/C17H20N2O2/c20-12-14(11-13-5-2-1-3-6-13)18-17(21)16-7-4-10-19(16)15-8-9-15/h1-7,10,14-15,20H,8-9,11-12H2,(H,18,21). The molecule has 0 saturated heterocycles. The third-order valence-electron chi connectivity index (χ3n) is 3.83. The van der Waals surface area contributed by atoms with E-state index in [-0.39, 0.29) is 18.6 Å². The maximum Gasteiger partial charge on any atom is 0.268 e. The van der Waals surface area contributed by atoms with Crippen LogP contribution in [0.1, 0.15) is 34.9 Å². The summed E-state index contributed by atoms with van der Waals surface area (Å²) in [5.74, 6) is -0.109. The lowest BCUT2D eigenvalue weighted by molar-refractivity contribution is 0.0907. The summed E-state index contributed by atoms with van der Waals surface area (Å²) < 4.78 is 2.03. The van der Waals surface area contributed by atoms with Crippen LogP contribution in [0.2, 0.25) is 0 Å². The number of benzene rings is 1. The lowest BCUT2D eigenvalue weighted by Crippen LogP contribution is -2.39. The second-order valence-electron chi connectivity index (χ2n) is 5.57. The van der Waals surface area contributed by atoms with E-state index in [4.69, 9.17) is 0 Å². The predicted molar refractivity (Wildman–Crippen MR) is 81.2 cm³/mol. The first-order valence-corrected chi connectivity index (χ1v) is 7.40. The van der Waals surface area contributed by atoms with E-state index in [1.54, 1.807) is 0 Å². The Kier molecular flexibility index (Phi) is 4.06. The summed E-state index contributed by atoms with van der Waals surface area (Å²) in [4.78, 5) is 12.4. The number of aromatic nitrogens is 1. The number of aliphatic hydroxyl groups is 1. The molecule has 0 aliphatic heterocycles. The lowest BCUT2D eigenvalue weighted by Gasteiger charge is -2.17. The maximum atomic E-state index is 12.4. The highest BCUT2D eigenvalue weighted by atomic mass is 16.3. The largest absolute Gasteiger partial charge is 0.394 e. The van der Waals surface area contributed by atoms with Crippen molar-refractivity contribution in [3.63, 3.8) is 0 Å². The molecule has 2 N–H and O–H groups in total. The van der Waals surface area contributed by atoms with E-state index in [9.17, 15) is 9.90 Å². The van der Waals surface area contributed by atoms with Crippen molar-refractivity contribution in [3.05, 3.63) is 59.9 Å². The summed E-state index contributed by atoms with van der Waals surface area (Å²) in [5.41, 5.74) is 1.79. The van der Waals surface area contributed by atoms with Crippen molar-refractivity contribution in [2.75, 3.05) is 6.61 Å². The van der Waals surface area contributed by atoms with Gasteiger partial charge in [0.1, 0.15) is 5.69 Å². The van der Waals surface area contributed by atoms with Crippen LogP contribution in [-0.2, 0) is 6.42 Å². The Bertz CT molecular complexity index is 602. The minimum Gasteiger partial charge on any atom is -0.394 e. The molecule has 0 bridgehead atoms. The zero-order valence-electron chi connectivity index (χ0n) is 11.9. The molecule has 4 nitrogen and oxygen atoms in total. The number of aliphatic hydroxyl groups excluding tert-OH is 1. The zero-order chi connectivity index (χ0) is 14.7. The smallest absolute Gasteiger partial charge is 0.268 e. The van der Waals surface area contributed by atoms with Crippen LogP contribution >= 0.6 is 0 Å². The molecule has 1 saturated carbocycles. The molecule has 0 radical (unpaired) electrons. The Balaban J connectivity index is 1.66. The van der Waals surface area contributed by atoms with Crippen molar-refractivity contribution in [2.24, 2.45) is 0 Å². The van der Waals surface area contributed by atoms with Gasteiger partial charge in [0.25, 0.3) is 5.91 Å². The molecule has 3 rings (SSSR count). The molecule has 1 heterocycles. The Morgan fingerprint density at radius 1 is 1.24 bits per heavy atom. The van der Waals surface area contributed by atoms with Crippen molar-refractivity contribution in [1.29, 1.82) is 0 Å². The number of hydrogen-bond donors (Lipinski definition) is 2. The second kappa shape index (κ2) is 6.14. The summed E-state index contributed by atoms with van der Waals surface area (Å²) in [6.45, 7) is -0.0647. The van der Waals surface area contributed by atoms with Crippen molar-refractivity contribution < 1.29 is 9.90 Å². The molecule has 1 aromatic heterocycles. The Hall–Kier alpha value is -2.07. The van der Waals surface area contributed by atoms with Gasteiger partial charge in [0.2, 0.25) is 0 Å². The van der Waals surface area contributed by atoms with Crippen LogP contribution < -0.4 is 5.32 Å². The molecule has 1 aliphatic carbocycles. The second-order valence-corrected chi connectivity index (χ2v) is 5.57. The molecule has 2 aromatic rings. The van der Waals surface area contributed by atoms with Gasteiger partial charge in [-0.3, -0.25) is 4.79 Å². The summed E-state index contributed by atoms with van der Waals surface area (Å²) in [7, 11) is 0. The fourth-order valence-electron chi connectivity index (χ4n) is 2.58. The molecule has 1 aliphatic rings. The van der Waals surface area contributed by atoms with Crippen LogP contribution in [0.5, 0.6) is 0 Å². The first-order chi connectivity index (χ1) is 10.3. The molecular weight excluding hydrogens is 264 g/mol. The number of nitrogens with one attached hydrogen (secondary N) is 1. The van der Waals surface area contributed by atoms with Crippen LogP contribution in [-0.4, -0.2) is 28.2 Å². The Labute approximate surface area is 124 Å². The fraction of sp³-hybridized carbons (Fsp3) is 0.353. The van der Waals surface area contributed by atoms with E-state index < -0.39 is 0 Å². The van der Waals surface area contributed by atoms with E-state index >= 15 is 0 Å². The molecular formula is C17H20N2O2. The van der Waals surface area contributed by atoms with Crippen LogP contribution in [0.3, 0.4) is 0 Å². The van der Waals surface area contributed by atoms with Gasteiger partial charge in [0, 0.05) is 12.2 Å². The van der Waals surface area contributed by atoms with Gasteiger partial charge in [-0.2, -0.15) is 0 Å². The van der Waals surface area contributed by atoms with Crippen LogP contribution in [0.25, 0.3) is 0 Å². The highest BCUT2D eigenvalue weighted by Crippen LogP contribution is 2.35. The molecule has 1 aromatic carbocycles. The summed E-state index contributed by atoms with van der Waals surface area (Å²) in [6.07, 6.45) is 4.87. The molecule has 1 fully saturated rings. The Morgan fingerprint density at radius 2 is 2.00 bits per heavy atom. The molecule has 110 valence electrons. The lowest BCUT2D eigenvalue weighted by atomic mass is 10.1. The van der Waals surface area contributed by atoms with Gasteiger partial charge in [-0.15, -0.1) is 0 Å². The fourth-order valence-corrected chi connectivity index (χ4v) is 2.58. The van der Waals surface area contributed by atoms with Crippen molar-refractivity contribution in [1.82, 2.24) is 9.88 Å². The van der Waals surface area contributed by atoms with Gasteiger partial charge in [-0.25, -0.2) is 0 Å². The van der Waals surface area contributed by atoms with Gasteiger partial charge in [-0.1, -0.05) is 30.3 Å². The third kappa shape index (κ3) is 3.34. The molecule has 0 spiro atoms. The first-order valence-electron chi connectivity index (χ1n) is 7.40. The van der Waals surface area contributed by atoms with Gasteiger partial charge in [0.15, 0.2) is 0 Å². The normalized spacial score (nSPS) is 15.7. The maximum absolute atomic E-state index is 12.4. The average molecular weight is 284 g/mol. The molecule has 21 heavy (non-hydrogen) atoms. The summed E-state index contributed by atoms with van der Waals surface area (Å²) >= 11 is 0. The minimum absolute atomic E-state index is 0.0647. The van der Waals surface area contributed by atoms with E-state index in [1.807, 2.05) is 53.2 Å². The van der Waals surface area contributed by atoms with E-state index in [1.165, 1.54) is 0 Å². The molecule has 1 amide bonds. The van der Waals surface area contributed by atoms with E-state index in [2.05, 4.69) is 5.32 Å². The number of rotatable bonds is 6. The third-order valence-corrected chi connectivity index (χ3v) is 3.83.